The number of rotatable bonds is 4. The predicted molar refractivity (Wildman–Crippen MR) is 93.0 cm³/mol. The van der Waals surface area contributed by atoms with Crippen molar-refractivity contribution in [2.75, 3.05) is 5.75 Å². The van der Waals surface area contributed by atoms with Crippen LogP contribution in [0.15, 0.2) is 5.16 Å². The number of fused-ring (bicyclic) bond motifs is 3. The van der Waals surface area contributed by atoms with E-state index in [1.54, 1.807) is 23.1 Å². The van der Waals surface area contributed by atoms with Gasteiger partial charge in [-0.05, 0) is 25.3 Å². The monoisotopic (exact) mass is 340 g/mol. The molecule has 6 heteroatoms. The highest BCUT2D eigenvalue weighted by molar-refractivity contribution is 7.99. The smallest absolute Gasteiger partial charge is 0.167 e. The first kappa shape index (κ1) is 15.5. The molecule has 3 nitrogen and oxygen atoms in total. The summed E-state index contributed by atoms with van der Waals surface area (Å²) in [5.74, 6) is 1.06. The second-order valence-corrected chi connectivity index (χ2v) is 8.25. The van der Waals surface area contributed by atoms with E-state index < -0.39 is 0 Å². The van der Waals surface area contributed by atoms with Crippen LogP contribution in [0.1, 0.15) is 44.1 Å². The molecule has 1 N–H and O–H groups in total. The number of nitrogens with zero attached hydrogens (tertiary/aromatic N) is 1. The molecule has 2 aromatic rings. The Morgan fingerprint density at radius 1 is 1.48 bits per heavy atom. The summed E-state index contributed by atoms with van der Waals surface area (Å²) in [7, 11) is 0. The van der Waals surface area contributed by atoms with Gasteiger partial charge in [-0.15, -0.1) is 11.3 Å². The van der Waals surface area contributed by atoms with Gasteiger partial charge in [-0.2, -0.15) is 0 Å². The Bertz CT molecular complexity index is 722. The molecule has 114 valence electrons. The number of thiophene rings is 1. The quantitative estimate of drug-likeness (QED) is 0.477. The molecular formula is C15H20N2OS3. The van der Waals surface area contributed by atoms with Gasteiger partial charge in [0.2, 0.25) is 0 Å². The number of hydrogen-bond donors (Lipinski definition) is 1. The average Bonchev–Trinajstić information content (AvgIpc) is 2.83. The molecule has 3 rings (SSSR count). The van der Waals surface area contributed by atoms with Crippen LogP contribution in [0.25, 0.3) is 10.2 Å². The first-order valence-electron chi connectivity index (χ1n) is 7.37. The molecule has 1 atom stereocenters. The van der Waals surface area contributed by atoms with Crippen LogP contribution in [-0.4, -0.2) is 21.3 Å². The Morgan fingerprint density at radius 3 is 3.00 bits per heavy atom. The number of aromatic nitrogens is 2. The van der Waals surface area contributed by atoms with E-state index in [4.69, 9.17) is 21.9 Å². The van der Waals surface area contributed by atoms with Crippen LogP contribution in [0.2, 0.25) is 0 Å². The van der Waals surface area contributed by atoms with E-state index in [9.17, 15) is 0 Å². The molecule has 0 spiro atoms. The van der Waals surface area contributed by atoms with Crippen molar-refractivity contribution in [3.05, 3.63) is 15.1 Å². The van der Waals surface area contributed by atoms with Crippen molar-refractivity contribution in [1.29, 1.82) is 0 Å². The summed E-state index contributed by atoms with van der Waals surface area (Å²) < 4.78 is 6.87. The highest BCUT2D eigenvalue weighted by Crippen LogP contribution is 2.40. The summed E-state index contributed by atoms with van der Waals surface area (Å²) in [6.07, 6.45) is 3.08. The van der Waals surface area contributed by atoms with Crippen LogP contribution in [0.5, 0.6) is 0 Å². The summed E-state index contributed by atoms with van der Waals surface area (Å²) in [5.41, 5.74) is 1.28. The molecule has 1 aliphatic rings. The molecule has 1 aliphatic heterocycles. The van der Waals surface area contributed by atoms with Crippen molar-refractivity contribution in [3.8, 4) is 0 Å². The van der Waals surface area contributed by atoms with Crippen LogP contribution < -0.4 is 0 Å². The molecule has 0 radical (unpaired) electrons. The van der Waals surface area contributed by atoms with E-state index in [0.717, 1.165) is 45.0 Å². The van der Waals surface area contributed by atoms with Gasteiger partial charge in [-0.25, -0.2) is 4.98 Å². The fourth-order valence-corrected chi connectivity index (χ4v) is 4.90. The zero-order valence-electron chi connectivity index (χ0n) is 12.6. The Kier molecular flexibility index (Phi) is 4.41. The van der Waals surface area contributed by atoms with Gasteiger partial charge in [0.05, 0.1) is 12.2 Å². The number of nitrogens with one attached hydrogen (secondary N) is 1. The van der Waals surface area contributed by atoms with Gasteiger partial charge in [-0.3, -0.25) is 0 Å². The standard InChI is InChI=1S/C15H20N2OS3/c1-4-6-20-14-16-12(19)11-9-7-15(3,5-2)18-8-10(9)21-13(11)17-14/h4-8H2,1-3H3,(H,16,17,19)/t15-/m0/s1. The minimum atomic E-state index is -0.0710. The van der Waals surface area contributed by atoms with Crippen molar-refractivity contribution < 1.29 is 4.74 Å². The number of thioether (sulfide) groups is 1. The Labute approximate surface area is 138 Å². The molecule has 3 heterocycles. The van der Waals surface area contributed by atoms with E-state index in [1.165, 1.54) is 10.4 Å². The van der Waals surface area contributed by atoms with Gasteiger partial charge in [-0.1, -0.05) is 37.8 Å². The molecule has 0 amide bonds. The van der Waals surface area contributed by atoms with Crippen LogP contribution in [0.3, 0.4) is 0 Å². The molecule has 0 saturated carbocycles. The van der Waals surface area contributed by atoms with Crippen LogP contribution in [0.4, 0.5) is 0 Å². The summed E-state index contributed by atoms with van der Waals surface area (Å²) >= 11 is 9.08. The molecule has 0 bridgehead atoms. The Balaban J connectivity index is 2.07. The fraction of sp³-hybridized carbons (Fsp3) is 0.600. The predicted octanol–water partition coefficient (Wildman–Crippen LogP) is 5.10. The maximum atomic E-state index is 6.04. The summed E-state index contributed by atoms with van der Waals surface area (Å²) in [6, 6.07) is 0. The minimum absolute atomic E-state index is 0.0710. The zero-order chi connectivity index (χ0) is 15.0. The fourth-order valence-electron chi connectivity index (χ4n) is 2.55. The van der Waals surface area contributed by atoms with Gasteiger partial charge in [0.25, 0.3) is 0 Å². The topological polar surface area (TPSA) is 37.9 Å². The summed E-state index contributed by atoms with van der Waals surface area (Å²) in [6.45, 7) is 7.23. The first-order chi connectivity index (χ1) is 10.1. The second kappa shape index (κ2) is 5.99. The lowest BCUT2D eigenvalue weighted by Gasteiger charge is -2.32. The van der Waals surface area contributed by atoms with Gasteiger partial charge < -0.3 is 9.72 Å². The number of aromatic amines is 1. The average molecular weight is 341 g/mol. The van der Waals surface area contributed by atoms with Crippen molar-refractivity contribution in [3.63, 3.8) is 0 Å². The molecule has 0 aliphatic carbocycles. The van der Waals surface area contributed by atoms with Gasteiger partial charge >= 0.3 is 0 Å². The SMILES string of the molecule is CCCSc1nc2sc3c(c2c(=S)[nH]1)C[C@](C)(CC)OC3. The van der Waals surface area contributed by atoms with Crippen molar-refractivity contribution in [1.82, 2.24) is 9.97 Å². The molecule has 21 heavy (non-hydrogen) atoms. The van der Waals surface area contributed by atoms with Gasteiger partial charge in [0.15, 0.2) is 5.16 Å². The number of ether oxygens (including phenoxy) is 1. The number of H-pyrrole nitrogens is 1. The molecule has 0 saturated heterocycles. The Morgan fingerprint density at radius 2 is 2.29 bits per heavy atom. The highest BCUT2D eigenvalue weighted by Gasteiger charge is 2.32. The van der Waals surface area contributed by atoms with Crippen LogP contribution >= 0.6 is 35.3 Å². The van der Waals surface area contributed by atoms with E-state index in [1.807, 2.05) is 0 Å². The molecule has 0 unspecified atom stereocenters. The Hall–Kier alpha value is -0.430. The van der Waals surface area contributed by atoms with E-state index in [2.05, 4.69) is 25.8 Å². The van der Waals surface area contributed by atoms with Gasteiger partial charge in [0.1, 0.15) is 9.47 Å². The van der Waals surface area contributed by atoms with E-state index in [0.29, 0.717) is 6.61 Å². The largest absolute Gasteiger partial charge is 0.369 e. The third-order valence-electron chi connectivity index (χ3n) is 4.02. The molecule has 0 fully saturated rings. The second-order valence-electron chi connectivity index (χ2n) is 5.67. The molecular weight excluding hydrogens is 320 g/mol. The molecule has 0 aromatic carbocycles. The third kappa shape index (κ3) is 2.91. The van der Waals surface area contributed by atoms with Crippen LogP contribution in [-0.2, 0) is 17.8 Å². The lowest BCUT2D eigenvalue weighted by molar-refractivity contribution is -0.0543. The molecule has 2 aromatic heterocycles. The third-order valence-corrected chi connectivity index (χ3v) is 6.50. The lowest BCUT2D eigenvalue weighted by atomic mass is 9.90. The zero-order valence-corrected chi connectivity index (χ0v) is 15.1. The van der Waals surface area contributed by atoms with E-state index >= 15 is 0 Å². The van der Waals surface area contributed by atoms with E-state index in [-0.39, 0.29) is 5.60 Å². The van der Waals surface area contributed by atoms with Crippen molar-refractivity contribution in [2.45, 2.75) is 57.4 Å². The lowest BCUT2D eigenvalue weighted by Crippen LogP contribution is -2.33. The van der Waals surface area contributed by atoms with Crippen molar-refractivity contribution in [2.24, 2.45) is 0 Å². The maximum absolute atomic E-state index is 6.04. The van der Waals surface area contributed by atoms with Gasteiger partial charge in [0, 0.05) is 22.4 Å². The summed E-state index contributed by atoms with van der Waals surface area (Å²) in [4.78, 5) is 10.4. The van der Waals surface area contributed by atoms with Crippen molar-refractivity contribution >= 4 is 45.5 Å². The number of hydrogen-bond acceptors (Lipinski definition) is 5. The maximum Gasteiger partial charge on any atom is 0.167 e. The summed E-state index contributed by atoms with van der Waals surface area (Å²) in [5, 5.41) is 2.08. The first-order valence-corrected chi connectivity index (χ1v) is 9.58. The normalized spacial score (nSPS) is 21.7. The van der Waals surface area contributed by atoms with Crippen LogP contribution in [0, 0.1) is 4.64 Å². The highest BCUT2D eigenvalue weighted by atomic mass is 32.2. The minimum Gasteiger partial charge on any atom is -0.369 e.